The molecule has 0 bridgehead atoms. The van der Waals surface area contributed by atoms with Crippen LogP contribution >= 0.6 is 0 Å². The zero-order valence-electron chi connectivity index (χ0n) is 10.9. The fourth-order valence-corrected chi connectivity index (χ4v) is 2.13. The Morgan fingerprint density at radius 1 is 1.39 bits per heavy atom. The average Bonchev–Trinajstić information content (AvgIpc) is 2.74. The van der Waals surface area contributed by atoms with Gasteiger partial charge in [-0.25, -0.2) is 4.98 Å². The summed E-state index contributed by atoms with van der Waals surface area (Å²) in [5.41, 5.74) is 5.46. The van der Waals surface area contributed by atoms with E-state index in [-0.39, 0.29) is 6.04 Å². The molecule has 0 fully saturated rings. The molecule has 1 aromatic carbocycles. The standard InChI is InChI=1S/C14H20N4/c1-11-4-3-5-12(8-11)9-13(17-15)10-14-16-6-7-18(14)2/h3-8,13,17H,9-10,15H2,1-2H3. The fourth-order valence-electron chi connectivity index (χ4n) is 2.13. The molecule has 2 rings (SSSR count). The van der Waals surface area contributed by atoms with Gasteiger partial charge in [-0.1, -0.05) is 29.8 Å². The van der Waals surface area contributed by atoms with Crippen LogP contribution in [-0.4, -0.2) is 15.6 Å². The number of nitrogens with zero attached hydrogens (tertiary/aromatic N) is 2. The molecule has 0 saturated heterocycles. The summed E-state index contributed by atoms with van der Waals surface area (Å²) in [6.07, 6.45) is 5.50. The molecule has 4 heteroatoms. The molecule has 4 nitrogen and oxygen atoms in total. The molecule has 1 aromatic heterocycles. The van der Waals surface area contributed by atoms with Gasteiger partial charge in [0.2, 0.25) is 0 Å². The molecule has 0 aliphatic carbocycles. The van der Waals surface area contributed by atoms with Gasteiger partial charge in [-0.2, -0.15) is 0 Å². The van der Waals surface area contributed by atoms with E-state index in [1.165, 1.54) is 11.1 Å². The SMILES string of the molecule is Cc1cccc(CC(Cc2nccn2C)NN)c1. The van der Waals surface area contributed by atoms with E-state index in [1.807, 2.05) is 24.0 Å². The van der Waals surface area contributed by atoms with E-state index in [9.17, 15) is 0 Å². The minimum Gasteiger partial charge on any atom is -0.338 e. The second kappa shape index (κ2) is 5.80. The zero-order chi connectivity index (χ0) is 13.0. The van der Waals surface area contributed by atoms with Crippen LogP contribution in [0, 0.1) is 6.92 Å². The van der Waals surface area contributed by atoms with E-state index >= 15 is 0 Å². The van der Waals surface area contributed by atoms with Gasteiger partial charge in [-0.15, -0.1) is 0 Å². The Morgan fingerprint density at radius 3 is 2.83 bits per heavy atom. The van der Waals surface area contributed by atoms with Gasteiger partial charge in [0.05, 0.1) is 0 Å². The third-order valence-corrected chi connectivity index (χ3v) is 3.15. The number of imidazole rings is 1. The molecule has 0 aliphatic rings. The van der Waals surface area contributed by atoms with Crippen LogP contribution in [0.25, 0.3) is 0 Å². The van der Waals surface area contributed by atoms with Crippen LogP contribution in [-0.2, 0) is 19.9 Å². The van der Waals surface area contributed by atoms with E-state index in [4.69, 9.17) is 5.84 Å². The molecule has 1 unspecified atom stereocenters. The predicted octanol–water partition coefficient (Wildman–Crippen LogP) is 1.35. The van der Waals surface area contributed by atoms with Gasteiger partial charge in [0.1, 0.15) is 5.82 Å². The number of hydrogen-bond donors (Lipinski definition) is 2. The summed E-state index contributed by atoms with van der Waals surface area (Å²) in [7, 11) is 2.00. The van der Waals surface area contributed by atoms with E-state index in [2.05, 4.69) is 41.6 Å². The Kier molecular flexibility index (Phi) is 4.12. The molecule has 1 atom stereocenters. The van der Waals surface area contributed by atoms with Crippen LogP contribution in [0.4, 0.5) is 0 Å². The summed E-state index contributed by atoms with van der Waals surface area (Å²) < 4.78 is 2.03. The first-order chi connectivity index (χ1) is 8.69. The molecular formula is C14H20N4. The monoisotopic (exact) mass is 244 g/mol. The van der Waals surface area contributed by atoms with Crippen LogP contribution in [0.5, 0.6) is 0 Å². The predicted molar refractivity (Wildman–Crippen MR) is 72.9 cm³/mol. The number of hydrazine groups is 1. The first-order valence-corrected chi connectivity index (χ1v) is 6.17. The molecule has 0 spiro atoms. The van der Waals surface area contributed by atoms with Gasteiger partial charge in [0.15, 0.2) is 0 Å². The normalized spacial score (nSPS) is 12.6. The summed E-state index contributed by atoms with van der Waals surface area (Å²) >= 11 is 0. The Hall–Kier alpha value is -1.65. The van der Waals surface area contributed by atoms with Crippen LogP contribution in [0.1, 0.15) is 17.0 Å². The maximum atomic E-state index is 5.64. The number of nitrogens with two attached hydrogens (primary N) is 1. The van der Waals surface area contributed by atoms with Crippen molar-refractivity contribution < 1.29 is 0 Å². The van der Waals surface area contributed by atoms with E-state index in [0.717, 1.165) is 18.7 Å². The Balaban J connectivity index is 2.04. The molecule has 3 N–H and O–H groups in total. The molecule has 0 amide bonds. The quantitative estimate of drug-likeness (QED) is 0.616. The van der Waals surface area contributed by atoms with Gasteiger partial charge >= 0.3 is 0 Å². The average molecular weight is 244 g/mol. The second-order valence-electron chi connectivity index (χ2n) is 4.72. The lowest BCUT2D eigenvalue weighted by atomic mass is 10.0. The highest BCUT2D eigenvalue weighted by Crippen LogP contribution is 2.09. The van der Waals surface area contributed by atoms with Gasteiger partial charge in [0.25, 0.3) is 0 Å². The second-order valence-corrected chi connectivity index (χ2v) is 4.72. The van der Waals surface area contributed by atoms with Gasteiger partial charge in [0, 0.05) is 31.9 Å². The van der Waals surface area contributed by atoms with Crippen LogP contribution < -0.4 is 11.3 Å². The van der Waals surface area contributed by atoms with Crippen molar-refractivity contribution in [2.45, 2.75) is 25.8 Å². The maximum absolute atomic E-state index is 5.64. The molecule has 96 valence electrons. The van der Waals surface area contributed by atoms with Crippen molar-refractivity contribution in [1.82, 2.24) is 15.0 Å². The minimum absolute atomic E-state index is 0.202. The Labute approximate surface area is 108 Å². The number of aromatic nitrogens is 2. The van der Waals surface area contributed by atoms with Crippen molar-refractivity contribution >= 4 is 0 Å². The van der Waals surface area contributed by atoms with Crippen molar-refractivity contribution in [3.05, 3.63) is 53.6 Å². The molecule has 18 heavy (non-hydrogen) atoms. The van der Waals surface area contributed by atoms with Crippen molar-refractivity contribution in [2.24, 2.45) is 12.9 Å². The van der Waals surface area contributed by atoms with Crippen LogP contribution in [0.15, 0.2) is 36.7 Å². The molecular weight excluding hydrogens is 224 g/mol. The summed E-state index contributed by atoms with van der Waals surface area (Å²) in [5.74, 6) is 6.69. The molecule has 0 saturated carbocycles. The van der Waals surface area contributed by atoms with E-state index in [1.54, 1.807) is 0 Å². The van der Waals surface area contributed by atoms with E-state index < -0.39 is 0 Å². The largest absolute Gasteiger partial charge is 0.338 e. The highest BCUT2D eigenvalue weighted by Gasteiger charge is 2.11. The van der Waals surface area contributed by atoms with Gasteiger partial charge in [-0.3, -0.25) is 11.3 Å². The van der Waals surface area contributed by atoms with Gasteiger partial charge < -0.3 is 4.57 Å². The third kappa shape index (κ3) is 3.18. The summed E-state index contributed by atoms with van der Waals surface area (Å²) in [6.45, 7) is 2.10. The summed E-state index contributed by atoms with van der Waals surface area (Å²) in [5, 5.41) is 0. The van der Waals surface area contributed by atoms with Crippen molar-refractivity contribution in [2.75, 3.05) is 0 Å². The number of aryl methyl sites for hydroxylation is 2. The lowest BCUT2D eigenvalue weighted by Gasteiger charge is -2.16. The minimum atomic E-state index is 0.202. The highest BCUT2D eigenvalue weighted by molar-refractivity contribution is 5.23. The summed E-state index contributed by atoms with van der Waals surface area (Å²) in [6, 6.07) is 8.72. The third-order valence-electron chi connectivity index (χ3n) is 3.15. The molecule has 1 heterocycles. The molecule has 2 aromatic rings. The topological polar surface area (TPSA) is 55.9 Å². The first-order valence-electron chi connectivity index (χ1n) is 6.17. The van der Waals surface area contributed by atoms with Gasteiger partial charge in [-0.05, 0) is 18.9 Å². The van der Waals surface area contributed by atoms with Crippen molar-refractivity contribution in [3.8, 4) is 0 Å². The fraction of sp³-hybridized carbons (Fsp3) is 0.357. The summed E-state index contributed by atoms with van der Waals surface area (Å²) in [4.78, 5) is 4.33. The van der Waals surface area contributed by atoms with Crippen LogP contribution in [0.3, 0.4) is 0 Å². The maximum Gasteiger partial charge on any atom is 0.109 e. The zero-order valence-corrected chi connectivity index (χ0v) is 10.9. The molecule has 0 aliphatic heterocycles. The van der Waals surface area contributed by atoms with E-state index in [0.29, 0.717) is 0 Å². The van der Waals surface area contributed by atoms with Crippen LogP contribution in [0.2, 0.25) is 0 Å². The first kappa shape index (κ1) is 12.8. The number of benzene rings is 1. The molecule has 0 radical (unpaired) electrons. The van der Waals surface area contributed by atoms with Crippen molar-refractivity contribution in [1.29, 1.82) is 0 Å². The van der Waals surface area contributed by atoms with Crippen molar-refractivity contribution in [3.63, 3.8) is 0 Å². The Morgan fingerprint density at radius 2 is 2.22 bits per heavy atom. The lowest BCUT2D eigenvalue weighted by molar-refractivity contribution is 0.504. The number of hydrogen-bond acceptors (Lipinski definition) is 3. The Bertz CT molecular complexity index is 504. The number of rotatable bonds is 5. The smallest absolute Gasteiger partial charge is 0.109 e. The number of nitrogens with one attached hydrogen (secondary N) is 1. The lowest BCUT2D eigenvalue weighted by Crippen LogP contribution is -2.39. The highest BCUT2D eigenvalue weighted by atomic mass is 15.2.